The molecule has 154 valence electrons. The third-order valence-corrected chi connectivity index (χ3v) is 7.12. The molecule has 7 heteroatoms. The van der Waals surface area contributed by atoms with E-state index in [2.05, 4.69) is 47.3 Å². The molecule has 1 aliphatic heterocycles. The first-order valence-corrected chi connectivity index (χ1v) is 10.9. The number of carbonyl (C=O) groups excluding carboxylic acids is 1. The van der Waals surface area contributed by atoms with Gasteiger partial charge in [0.15, 0.2) is 0 Å². The van der Waals surface area contributed by atoms with Gasteiger partial charge in [0.1, 0.15) is 0 Å². The number of carbonyl (C=O) groups is 1. The number of thiophene rings is 1. The lowest BCUT2D eigenvalue weighted by atomic mass is 10.1. The van der Waals surface area contributed by atoms with Gasteiger partial charge in [0.05, 0.1) is 26.9 Å². The van der Waals surface area contributed by atoms with E-state index in [0.29, 0.717) is 6.54 Å². The topological polar surface area (TPSA) is 70.2 Å². The molecule has 5 rings (SSSR count). The highest BCUT2D eigenvalue weighted by atomic mass is 32.1. The average molecular weight is 421 g/mol. The summed E-state index contributed by atoms with van der Waals surface area (Å²) in [5, 5.41) is 4.74. The Hall–Kier alpha value is -2.90. The number of anilines is 2. The number of H-pyrrole nitrogens is 1. The van der Waals surface area contributed by atoms with Gasteiger partial charge in [-0.2, -0.15) is 0 Å². The first-order valence-electron chi connectivity index (χ1n) is 10.1. The highest BCUT2D eigenvalue weighted by Crippen LogP contribution is 2.34. The number of aromatic amines is 1. The summed E-state index contributed by atoms with van der Waals surface area (Å²) in [4.78, 5) is 23.4. The van der Waals surface area contributed by atoms with Gasteiger partial charge in [0.2, 0.25) is 0 Å². The van der Waals surface area contributed by atoms with Crippen LogP contribution in [0.4, 0.5) is 11.4 Å². The second-order valence-corrected chi connectivity index (χ2v) is 8.89. The number of methoxy groups -OCH3 is 1. The normalized spacial score (nSPS) is 16.6. The lowest BCUT2D eigenvalue weighted by Gasteiger charge is -2.14. The SMILES string of the molecule is COC1CCN(C(=O)c2cc3nccc(Nc4ccc5[nH]c(C)c(C)c5c4)c3s2)C1. The number of likely N-dealkylation sites (tertiary alicyclic amines) is 1. The van der Waals surface area contributed by atoms with Gasteiger partial charge in [-0.25, -0.2) is 0 Å². The van der Waals surface area contributed by atoms with Crippen molar-refractivity contribution in [3.05, 3.63) is 52.7 Å². The van der Waals surface area contributed by atoms with Crippen LogP contribution in [0.5, 0.6) is 0 Å². The van der Waals surface area contributed by atoms with E-state index in [-0.39, 0.29) is 12.0 Å². The highest BCUT2D eigenvalue weighted by molar-refractivity contribution is 7.21. The predicted octanol–water partition coefficient (Wildman–Crippen LogP) is 5.00. The lowest BCUT2D eigenvalue weighted by Crippen LogP contribution is -2.29. The van der Waals surface area contributed by atoms with Crippen LogP contribution >= 0.6 is 11.3 Å². The van der Waals surface area contributed by atoms with Crippen LogP contribution in [0.15, 0.2) is 36.5 Å². The van der Waals surface area contributed by atoms with E-state index in [1.807, 2.05) is 17.0 Å². The zero-order chi connectivity index (χ0) is 20.8. The van der Waals surface area contributed by atoms with E-state index < -0.39 is 0 Å². The Bertz CT molecular complexity index is 1260. The summed E-state index contributed by atoms with van der Waals surface area (Å²) in [7, 11) is 1.70. The molecular formula is C23H24N4O2S. The number of benzene rings is 1. The van der Waals surface area contributed by atoms with Crippen LogP contribution in [0.3, 0.4) is 0 Å². The van der Waals surface area contributed by atoms with Crippen LogP contribution in [0, 0.1) is 13.8 Å². The van der Waals surface area contributed by atoms with Crippen LogP contribution in [-0.4, -0.2) is 47.1 Å². The first-order chi connectivity index (χ1) is 14.5. The van der Waals surface area contributed by atoms with E-state index in [9.17, 15) is 4.79 Å². The van der Waals surface area contributed by atoms with E-state index in [0.717, 1.165) is 45.0 Å². The van der Waals surface area contributed by atoms with E-state index in [1.165, 1.54) is 28.0 Å². The highest BCUT2D eigenvalue weighted by Gasteiger charge is 2.28. The quantitative estimate of drug-likeness (QED) is 0.487. The maximum absolute atomic E-state index is 13.0. The Labute approximate surface area is 178 Å². The zero-order valence-corrected chi connectivity index (χ0v) is 18.1. The first kappa shape index (κ1) is 19.1. The molecule has 0 radical (unpaired) electrons. The van der Waals surface area contributed by atoms with Crippen molar-refractivity contribution in [2.75, 3.05) is 25.5 Å². The smallest absolute Gasteiger partial charge is 0.264 e. The molecule has 0 saturated carbocycles. The molecule has 1 atom stereocenters. The Morgan fingerprint density at radius 1 is 1.30 bits per heavy atom. The monoisotopic (exact) mass is 420 g/mol. The molecule has 1 fully saturated rings. The van der Waals surface area contributed by atoms with Crippen molar-refractivity contribution in [2.45, 2.75) is 26.4 Å². The fourth-order valence-corrected chi connectivity index (χ4v) is 5.15. The fraction of sp³-hybridized carbons (Fsp3) is 0.304. The number of amides is 1. The lowest BCUT2D eigenvalue weighted by molar-refractivity contribution is 0.0728. The number of fused-ring (bicyclic) bond motifs is 2. The van der Waals surface area contributed by atoms with Crippen LogP contribution in [0.2, 0.25) is 0 Å². The Kier molecular flexibility index (Phi) is 4.72. The van der Waals surface area contributed by atoms with Crippen LogP contribution in [0.25, 0.3) is 21.1 Å². The minimum atomic E-state index is 0.0587. The summed E-state index contributed by atoms with van der Waals surface area (Å²) < 4.78 is 6.39. The minimum Gasteiger partial charge on any atom is -0.380 e. The van der Waals surface area contributed by atoms with Crippen molar-refractivity contribution in [1.29, 1.82) is 0 Å². The number of nitrogens with one attached hydrogen (secondary N) is 2. The second-order valence-electron chi connectivity index (χ2n) is 7.84. The summed E-state index contributed by atoms with van der Waals surface area (Å²) in [5.74, 6) is 0.0587. The van der Waals surface area contributed by atoms with Crippen molar-refractivity contribution in [1.82, 2.24) is 14.9 Å². The zero-order valence-electron chi connectivity index (χ0n) is 17.3. The van der Waals surface area contributed by atoms with Crippen molar-refractivity contribution in [2.24, 2.45) is 0 Å². The third-order valence-electron chi connectivity index (χ3n) is 5.98. The molecular weight excluding hydrogens is 396 g/mol. The van der Waals surface area contributed by atoms with Crippen LogP contribution < -0.4 is 5.32 Å². The second kappa shape index (κ2) is 7.41. The van der Waals surface area contributed by atoms with E-state index >= 15 is 0 Å². The number of nitrogens with zero attached hydrogens (tertiary/aromatic N) is 2. The maximum atomic E-state index is 13.0. The van der Waals surface area contributed by atoms with Crippen molar-refractivity contribution in [3.8, 4) is 0 Å². The standard InChI is InChI=1S/C23H24N4O2S/c1-13-14(2)25-18-5-4-15(10-17(13)18)26-19-6-8-24-20-11-21(30-22(19)20)23(28)27-9-7-16(12-27)29-3/h4-6,8,10-11,16,25H,7,9,12H2,1-3H3,(H,24,26). The molecule has 2 N–H and O–H groups in total. The van der Waals surface area contributed by atoms with Crippen molar-refractivity contribution < 1.29 is 9.53 Å². The van der Waals surface area contributed by atoms with E-state index in [1.54, 1.807) is 13.3 Å². The predicted molar refractivity (Wildman–Crippen MR) is 122 cm³/mol. The number of hydrogen-bond donors (Lipinski definition) is 2. The summed E-state index contributed by atoms with van der Waals surface area (Å²) in [6, 6.07) is 10.2. The fourth-order valence-electron chi connectivity index (χ4n) is 4.10. The Balaban J connectivity index is 1.45. The van der Waals surface area contributed by atoms with Gasteiger partial charge < -0.3 is 19.9 Å². The number of aromatic nitrogens is 2. The summed E-state index contributed by atoms with van der Waals surface area (Å²) >= 11 is 1.49. The van der Waals surface area contributed by atoms with Gasteiger partial charge in [-0.05, 0) is 56.2 Å². The molecule has 1 saturated heterocycles. The molecule has 1 unspecified atom stereocenters. The van der Waals surface area contributed by atoms with Crippen LogP contribution in [-0.2, 0) is 4.74 Å². The van der Waals surface area contributed by atoms with Gasteiger partial charge in [0.25, 0.3) is 5.91 Å². The summed E-state index contributed by atoms with van der Waals surface area (Å²) in [5.41, 5.74) is 6.40. The number of ether oxygens (including phenoxy) is 1. The van der Waals surface area contributed by atoms with Gasteiger partial charge in [0, 0.05) is 48.7 Å². The number of pyridine rings is 1. The third kappa shape index (κ3) is 3.24. The van der Waals surface area contributed by atoms with Gasteiger partial charge >= 0.3 is 0 Å². The average Bonchev–Trinajstić information content (AvgIpc) is 3.46. The number of hydrogen-bond acceptors (Lipinski definition) is 5. The maximum Gasteiger partial charge on any atom is 0.264 e. The Morgan fingerprint density at radius 2 is 2.17 bits per heavy atom. The molecule has 1 aliphatic rings. The molecule has 0 spiro atoms. The van der Waals surface area contributed by atoms with Crippen LogP contribution in [0.1, 0.15) is 27.3 Å². The van der Waals surface area contributed by atoms with Gasteiger partial charge in [-0.1, -0.05) is 0 Å². The molecule has 4 aromatic rings. The largest absolute Gasteiger partial charge is 0.380 e. The van der Waals surface area contributed by atoms with Gasteiger partial charge in [-0.15, -0.1) is 11.3 Å². The van der Waals surface area contributed by atoms with Crippen molar-refractivity contribution >= 4 is 49.7 Å². The molecule has 0 aliphatic carbocycles. The van der Waals surface area contributed by atoms with Gasteiger partial charge in [-0.3, -0.25) is 9.78 Å². The molecule has 30 heavy (non-hydrogen) atoms. The van der Waals surface area contributed by atoms with E-state index in [4.69, 9.17) is 4.74 Å². The molecule has 0 bridgehead atoms. The minimum absolute atomic E-state index is 0.0587. The van der Waals surface area contributed by atoms with Crippen molar-refractivity contribution in [3.63, 3.8) is 0 Å². The number of aryl methyl sites for hydroxylation is 2. The summed E-state index contributed by atoms with van der Waals surface area (Å²) in [6.07, 6.45) is 2.81. The molecule has 1 amide bonds. The molecule has 6 nitrogen and oxygen atoms in total. The Morgan fingerprint density at radius 3 is 2.97 bits per heavy atom. The molecule has 1 aromatic carbocycles. The molecule has 3 aromatic heterocycles. The summed E-state index contributed by atoms with van der Waals surface area (Å²) in [6.45, 7) is 5.61. The number of rotatable bonds is 4. The molecule has 4 heterocycles.